The lowest BCUT2D eigenvalue weighted by atomic mass is 10.1. The summed E-state index contributed by atoms with van der Waals surface area (Å²) in [7, 11) is -2.15. The van der Waals surface area contributed by atoms with Gasteiger partial charge in [-0.15, -0.1) is 0 Å². The number of nitrogens with one attached hydrogen (secondary N) is 1. The maximum absolute atomic E-state index is 12.7. The monoisotopic (exact) mass is 390 g/mol. The van der Waals surface area contributed by atoms with Gasteiger partial charge in [0.1, 0.15) is 11.8 Å². The van der Waals surface area contributed by atoms with Crippen LogP contribution in [0, 0.1) is 0 Å². The van der Waals surface area contributed by atoms with Crippen LogP contribution in [0.2, 0.25) is 0 Å². The lowest BCUT2D eigenvalue weighted by Crippen LogP contribution is -2.49. The van der Waals surface area contributed by atoms with Gasteiger partial charge in [0.05, 0.1) is 19.1 Å². The summed E-state index contributed by atoms with van der Waals surface area (Å²) in [6, 6.07) is 15.7. The first-order chi connectivity index (χ1) is 12.9. The predicted octanol–water partition coefficient (Wildman–Crippen LogP) is 2.60. The molecule has 1 unspecified atom stereocenters. The molecular weight excluding hydrogens is 364 g/mol. The third-order valence-corrected chi connectivity index (χ3v) is 5.37. The van der Waals surface area contributed by atoms with Crippen molar-refractivity contribution >= 4 is 21.6 Å². The lowest BCUT2D eigenvalue weighted by Gasteiger charge is -2.30. The van der Waals surface area contributed by atoms with Crippen LogP contribution in [0.4, 0.5) is 5.69 Å². The number of anilines is 1. The van der Waals surface area contributed by atoms with Gasteiger partial charge < -0.3 is 10.1 Å². The first-order valence-electron chi connectivity index (χ1n) is 8.82. The van der Waals surface area contributed by atoms with Crippen molar-refractivity contribution in [2.45, 2.75) is 25.8 Å². The summed E-state index contributed by atoms with van der Waals surface area (Å²) in [5, 5.41) is 2.86. The Morgan fingerprint density at radius 2 is 1.85 bits per heavy atom. The zero-order valence-electron chi connectivity index (χ0n) is 15.9. The highest BCUT2D eigenvalue weighted by atomic mass is 32.2. The largest absolute Gasteiger partial charge is 0.497 e. The number of hydrogen-bond donors (Lipinski definition) is 1. The third kappa shape index (κ3) is 5.72. The van der Waals surface area contributed by atoms with Crippen molar-refractivity contribution in [2.24, 2.45) is 0 Å². The van der Waals surface area contributed by atoms with Crippen molar-refractivity contribution in [2.75, 3.05) is 24.2 Å². The predicted molar refractivity (Wildman–Crippen MR) is 108 cm³/mol. The Morgan fingerprint density at radius 1 is 1.15 bits per heavy atom. The molecule has 0 aromatic heterocycles. The van der Waals surface area contributed by atoms with E-state index in [1.807, 2.05) is 30.3 Å². The molecular formula is C20H26N2O4S. The van der Waals surface area contributed by atoms with Crippen molar-refractivity contribution in [3.05, 3.63) is 60.2 Å². The highest BCUT2D eigenvalue weighted by molar-refractivity contribution is 7.92. The molecule has 0 saturated carbocycles. The number of methoxy groups -OCH3 is 1. The molecule has 0 radical (unpaired) electrons. The fourth-order valence-electron chi connectivity index (χ4n) is 2.90. The molecule has 0 saturated heterocycles. The number of ether oxygens (including phenoxy) is 1. The average molecular weight is 391 g/mol. The van der Waals surface area contributed by atoms with Crippen LogP contribution in [-0.4, -0.2) is 40.3 Å². The van der Waals surface area contributed by atoms with Crippen LogP contribution in [-0.2, 0) is 21.2 Å². The number of amides is 1. The van der Waals surface area contributed by atoms with Gasteiger partial charge in [-0.2, -0.15) is 0 Å². The smallest absolute Gasteiger partial charge is 0.243 e. The lowest BCUT2D eigenvalue weighted by molar-refractivity contribution is -0.122. The molecule has 0 aliphatic carbocycles. The minimum atomic E-state index is -3.66. The molecule has 0 aliphatic heterocycles. The number of sulfonamides is 1. The van der Waals surface area contributed by atoms with Crippen molar-refractivity contribution < 1.29 is 17.9 Å². The van der Waals surface area contributed by atoms with Crippen LogP contribution in [0.15, 0.2) is 54.6 Å². The summed E-state index contributed by atoms with van der Waals surface area (Å²) >= 11 is 0. The summed E-state index contributed by atoms with van der Waals surface area (Å²) in [5.41, 5.74) is 1.51. The van der Waals surface area contributed by atoms with Gasteiger partial charge in [0.25, 0.3) is 0 Å². The average Bonchev–Trinajstić information content (AvgIpc) is 2.65. The number of benzene rings is 2. The summed E-state index contributed by atoms with van der Waals surface area (Å²) in [6.07, 6.45) is 2.13. The number of rotatable bonds is 9. The molecule has 0 heterocycles. The Morgan fingerprint density at radius 3 is 2.44 bits per heavy atom. The molecule has 2 aromatic rings. The van der Waals surface area contributed by atoms with Crippen molar-refractivity contribution in [3.63, 3.8) is 0 Å². The van der Waals surface area contributed by atoms with Crippen LogP contribution >= 0.6 is 0 Å². The Kier molecular flexibility index (Phi) is 7.24. The maximum Gasteiger partial charge on any atom is 0.243 e. The van der Waals surface area contributed by atoms with Gasteiger partial charge >= 0.3 is 0 Å². The van der Waals surface area contributed by atoms with E-state index in [1.165, 1.54) is 7.11 Å². The van der Waals surface area contributed by atoms with Crippen molar-refractivity contribution in [1.82, 2.24) is 5.32 Å². The molecule has 6 nitrogen and oxygen atoms in total. The van der Waals surface area contributed by atoms with Gasteiger partial charge in [0.2, 0.25) is 15.9 Å². The molecule has 1 atom stereocenters. The fraction of sp³-hybridized carbons (Fsp3) is 0.350. The van der Waals surface area contributed by atoms with Crippen LogP contribution in [0.5, 0.6) is 5.75 Å². The molecule has 0 fully saturated rings. The fourth-order valence-corrected chi connectivity index (χ4v) is 4.10. The molecule has 2 rings (SSSR count). The Hall–Kier alpha value is -2.54. The van der Waals surface area contributed by atoms with E-state index in [2.05, 4.69) is 5.32 Å². The van der Waals surface area contributed by atoms with E-state index in [1.54, 1.807) is 31.2 Å². The second-order valence-corrected chi connectivity index (χ2v) is 8.07. The van der Waals surface area contributed by atoms with E-state index in [9.17, 15) is 13.2 Å². The zero-order chi connectivity index (χ0) is 19.9. The topological polar surface area (TPSA) is 75.7 Å². The maximum atomic E-state index is 12.7. The molecule has 0 bridgehead atoms. The third-order valence-electron chi connectivity index (χ3n) is 4.19. The van der Waals surface area contributed by atoms with Crippen molar-refractivity contribution in [3.8, 4) is 5.75 Å². The zero-order valence-corrected chi connectivity index (χ0v) is 16.7. The SMILES string of the molecule is CCC(C(=O)NCCc1ccccc1)N(c1cccc(OC)c1)S(C)(=O)=O. The van der Waals surface area contributed by atoms with Gasteiger partial charge in [-0.25, -0.2) is 8.42 Å². The number of nitrogens with zero attached hydrogens (tertiary/aromatic N) is 1. The number of carbonyl (C=O) groups is 1. The number of carbonyl (C=O) groups excluding carboxylic acids is 1. The highest BCUT2D eigenvalue weighted by Crippen LogP contribution is 2.26. The van der Waals surface area contributed by atoms with E-state index in [-0.39, 0.29) is 5.91 Å². The molecule has 146 valence electrons. The first kappa shape index (κ1) is 20.8. The molecule has 1 N–H and O–H groups in total. The summed E-state index contributed by atoms with van der Waals surface area (Å²) in [5.74, 6) is 0.210. The molecule has 0 spiro atoms. The van der Waals surface area contributed by atoms with E-state index in [0.29, 0.717) is 30.8 Å². The Labute approximate surface area is 161 Å². The second-order valence-electron chi connectivity index (χ2n) is 6.21. The van der Waals surface area contributed by atoms with Crippen LogP contribution in [0.1, 0.15) is 18.9 Å². The van der Waals surface area contributed by atoms with Gasteiger partial charge in [0, 0.05) is 12.6 Å². The standard InChI is InChI=1S/C20H26N2O4S/c1-4-19(20(23)21-14-13-16-9-6-5-7-10-16)22(27(3,24)25)17-11-8-12-18(15-17)26-2/h5-12,15,19H,4,13-14H2,1-3H3,(H,21,23). The molecule has 27 heavy (non-hydrogen) atoms. The number of hydrogen-bond acceptors (Lipinski definition) is 4. The second kappa shape index (κ2) is 9.41. The van der Waals surface area contributed by atoms with Crippen LogP contribution in [0.3, 0.4) is 0 Å². The van der Waals surface area contributed by atoms with Crippen LogP contribution < -0.4 is 14.4 Å². The van der Waals surface area contributed by atoms with E-state index in [0.717, 1.165) is 16.1 Å². The Bertz CT molecular complexity index is 853. The molecule has 0 aliphatic rings. The highest BCUT2D eigenvalue weighted by Gasteiger charge is 2.31. The van der Waals surface area contributed by atoms with Gasteiger partial charge in [-0.1, -0.05) is 43.3 Å². The summed E-state index contributed by atoms with van der Waals surface area (Å²) in [6.45, 7) is 2.23. The van der Waals surface area contributed by atoms with Gasteiger partial charge in [-0.05, 0) is 30.5 Å². The quantitative estimate of drug-likeness (QED) is 0.714. The summed E-state index contributed by atoms with van der Waals surface area (Å²) in [4.78, 5) is 12.7. The van der Waals surface area contributed by atoms with E-state index < -0.39 is 16.1 Å². The molecule has 7 heteroatoms. The van der Waals surface area contributed by atoms with Crippen LogP contribution in [0.25, 0.3) is 0 Å². The molecule has 2 aromatic carbocycles. The van der Waals surface area contributed by atoms with Gasteiger partial charge in [-0.3, -0.25) is 9.10 Å². The first-order valence-corrected chi connectivity index (χ1v) is 10.7. The summed E-state index contributed by atoms with van der Waals surface area (Å²) < 4.78 is 31.2. The molecule has 1 amide bonds. The van der Waals surface area contributed by atoms with Crippen molar-refractivity contribution in [1.29, 1.82) is 0 Å². The van der Waals surface area contributed by atoms with Gasteiger partial charge in [0.15, 0.2) is 0 Å². The van der Waals surface area contributed by atoms with E-state index in [4.69, 9.17) is 4.74 Å². The minimum Gasteiger partial charge on any atom is -0.497 e. The Balaban J connectivity index is 2.17. The van der Waals surface area contributed by atoms with E-state index >= 15 is 0 Å². The minimum absolute atomic E-state index is 0.318. The normalized spacial score (nSPS) is 12.3.